The Kier molecular flexibility index (Phi) is 3.84. The van der Waals surface area contributed by atoms with Crippen molar-refractivity contribution in [1.82, 2.24) is 15.2 Å². The van der Waals surface area contributed by atoms with Crippen molar-refractivity contribution in [2.24, 2.45) is 10.9 Å². The number of oxime groups is 1. The first-order valence-corrected chi connectivity index (χ1v) is 5.96. The highest BCUT2D eigenvalue weighted by Gasteiger charge is 2.31. The van der Waals surface area contributed by atoms with Crippen molar-refractivity contribution in [1.29, 1.82) is 0 Å². The molecule has 1 aromatic carbocycles. The molecule has 10 heteroatoms. The van der Waals surface area contributed by atoms with Crippen molar-refractivity contribution in [3.8, 4) is 0 Å². The maximum Gasteiger partial charge on any atom is 0.416 e. The second-order valence-corrected chi connectivity index (χ2v) is 4.62. The molecular weight excluding hydrogens is 295 g/mol. The second-order valence-electron chi connectivity index (χ2n) is 3.59. The smallest absolute Gasteiger partial charge is 0.409 e. The van der Waals surface area contributed by atoms with E-state index in [0.29, 0.717) is 10.1 Å². The molecule has 0 aliphatic heterocycles. The first kappa shape index (κ1) is 14.2. The maximum absolute atomic E-state index is 12.7. The second kappa shape index (κ2) is 5.41. The molecule has 2 aromatic rings. The molecule has 0 saturated heterocycles. The highest BCUT2D eigenvalue weighted by molar-refractivity contribution is 7.99. The van der Waals surface area contributed by atoms with Crippen LogP contribution in [0.5, 0.6) is 0 Å². The monoisotopic (exact) mass is 303 g/mol. The molecule has 0 fully saturated rings. The predicted molar refractivity (Wildman–Crippen MR) is 64.5 cm³/mol. The molecule has 2 rings (SSSR count). The summed E-state index contributed by atoms with van der Waals surface area (Å²) in [6.07, 6.45) is -3.25. The summed E-state index contributed by atoms with van der Waals surface area (Å²) in [6.45, 7) is 0. The number of aromatic amines is 1. The number of halogens is 3. The topological polar surface area (TPSA) is 100 Å². The number of nitrogens with one attached hydrogen (secondary N) is 1. The lowest BCUT2D eigenvalue weighted by Crippen LogP contribution is -2.16. The SMILES string of the molecule is N/C(=N\O)c1cc(C(F)(F)F)ccc1Sc1ncn[nH]1. The number of amidine groups is 1. The first-order chi connectivity index (χ1) is 9.41. The molecule has 0 unspecified atom stereocenters. The maximum atomic E-state index is 12.7. The third kappa shape index (κ3) is 3.02. The van der Waals surface area contributed by atoms with Gasteiger partial charge in [-0.1, -0.05) is 5.16 Å². The molecule has 1 heterocycles. The van der Waals surface area contributed by atoms with Crippen molar-refractivity contribution < 1.29 is 18.4 Å². The Hall–Kier alpha value is -2.23. The van der Waals surface area contributed by atoms with Crippen molar-refractivity contribution in [3.63, 3.8) is 0 Å². The number of aromatic nitrogens is 3. The minimum atomic E-state index is -4.51. The van der Waals surface area contributed by atoms with Gasteiger partial charge in [-0.3, -0.25) is 5.10 Å². The van der Waals surface area contributed by atoms with E-state index < -0.39 is 17.6 Å². The normalized spacial score (nSPS) is 12.7. The van der Waals surface area contributed by atoms with E-state index in [1.54, 1.807) is 0 Å². The predicted octanol–water partition coefficient (Wildman–Crippen LogP) is 2.07. The zero-order valence-electron chi connectivity index (χ0n) is 9.72. The average Bonchev–Trinajstić information content (AvgIpc) is 2.90. The van der Waals surface area contributed by atoms with E-state index in [1.807, 2.05) is 0 Å². The van der Waals surface area contributed by atoms with Crippen LogP contribution in [0.2, 0.25) is 0 Å². The molecule has 0 aliphatic carbocycles. The number of alkyl halides is 3. The van der Waals surface area contributed by atoms with Crippen molar-refractivity contribution in [2.45, 2.75) is 16.2 Å². The number of nitrogens with two attached hydrogens (primary N) is 1. The quantitative estimate of drug-likeness (QED) is 0.349. The molecular formula is C10H8F3N5OS. The lowest BCUT2D eigenvalue weighted by molar-refractivity contribution is -0.137. The lowest BCUT2D eigenvalue weighted by Gasteiger charge is -2.11. The van der Waals surface area contributed by atoms with Crippen molar-refractivity contribution >= 4 is 17.6 Å². The molecule has 0 spiro atoms. The number of nitrogens with zero attached hydrogens (tertiary/aromatic N) is 3. The van der Waals surface area contributed by atoms with Crippen LogP contribution in [0.25, 0.3) is 0 Å². The summed E-state index contributed by atoms with van der Waals surface area (Å²) < 4.78 is 38.0. The fourth-order valence-corrected chi connectivity index (χ4v) is 2.21. The Morgan fingerprint density at radius 3 is 2.70 bits per heavy atom. The highest BCUT2D eigenvalue weighted by atomic mass is 32.2. The van der Waals surface area contributed by atoms with E-state index in [1.165, 1.54) is 12.4 Å². The Balaban J connectivity index is 2.46. The van der Waals surface area contributed by atoms with E-state index in [2.05, 4.69) is 20.3 Å². The Morgan fingerprint density at radius 2 is 2.15 bits per heavy atom. The fraction of sp³-hybridized carbons (Fsp3) is 0.100. The van der Waals surface area contributed by atoms with Gasteiger partial charge in [0.2, 0.25) is 0 Å². The van der Waals surface area contributed by atoms with E-state index >= 15 is 0 Å². The fourth-order valence-electron chi connectivity index (χ4n) is 1.40. The Labute approximate surface area is 114 Å². The van der Waals surface area contributed by atoms with Crippen LogP contribution in [0, 0.1) is 0 Å². The third-order valence-electron chi connectivity index (χ3n) is 2.29. The van der Waals surface area contributed by atoms with E-state index in [9.17, 15) is 13.2 Å². The van der Waals surface area contributed by atoms with Gasteiger partial charge in [-0.25, -0.2) is 4.98 Å². The van der Waals surface area contributed by atoms with Gasteiger partial charge in [-0.05, 0) is 30.0 Å². The van der Waals surface area contributed by atoms with E-state index in [4.69, 9.17) is 10.9 Å². The van der Waals surface area contributed by atoms with Gasteiger partial charge in [-0.15, -0.1) is 0 Å². The van der Waals surface area contributed by atoms with Crippen LogP contribution in [-0.2, 0) is 6.18 Å². The van der Waals surface area contributed by atoms with Crippen molar-refractivity contribution in [2.75, 3.05) is 0 Å². The van der Waals surface area contributed by atoms with Gasteiger partial charge >= 0.3 is 6.18 Å². The molecule has 0 aliphatic rings. The molecule has 4 N–H and O–H groups in total. The standard InChI is InChI=1S/C10H8F3N5OS/c11-10(12,13)5-1-2-7(6(3-5)8(14)18-19)20-9-15-4-16-17-9/h1-4,19H,(H2,14,18)(H,15,16,17). The van der Waals surface area contributed by atoms with Crippen LogP contribution in [0.15, 0.2) is 39.7 Å². The van der Waals surface area contributed by atoms with Gasteiger partial charge in [0.1, 0.15) is 6.33 Å². The summed E-state index contributed by atoms with van der Waals surface area (Å²) >= 11 is 1.02. The van der Waals surface area contributed by atoms with Gasteiger partial charge in [0.25, 0.3) is 0 Å². The van der Waals surface area contributed by atoms with Crippen molar-refractivity contribution in [3.05, 3.63) is 35.7 Å². The summed E-state index contributed by atoms with van der Waals surface area (Å²) in [5.41, 5.74) is 4.48. The molecule has 20 heavy (non-hydrogen) atoms. The summed E-state index contributed by atoms with van der Waals surface area (Å²) in [5.74, 6) is -0.418. The van der Waals surface area contributed by atoms with Crippen LogP contribution in [-0.4, -0.2) is 26.2 Å². The van der Waals surface area contributed by atoms with Crippen LogP contribution in [0.1, 0.15) is 11.1 Å². The number of H-pyrrole nitrogens is 1. The van der Waals surface area contributed by atoms with Crippen LogP contribution >= 0.6 is 11.8 Å². The number of hydrogen-bond donors (Lipinski definition) is 3. The molecule has 1 aromatic heterocycles. The zero-order valence-corrected chi connectivity index (χ0v) is 10.5. The van der Waals surface area contributed by atoms with Crippen LogP contribution in [0.3, 0.4) is 0 Å². The van der Waals surface area contributed by atoms with Gasteiger partial charge in [0, 0.05) is 10.5 Å². The largest absolute Gasteiger partial charge is 0.416 e. The summed E-state index contributed by atoms with van der Waals surface area (Å²) in [6, 6.07) is 2.95. The lowest BCUT2D eigenvalue weighted by atomic mass is 10.1. The molecule has 0 saturated carbocycles. The summed E-state index contributed by atoms with van der Waals surface area (Å²) in [5, 5.41) is 18.0. The molecule has 106 valence electrons. The minimum absolute atomic E-state index is 0.0382. The average molecular weight is 303 g/mol. The molecule has 0 amide bonds. The van der Waals surface area contributed by atoms with Gasteiger partial charge in [-0.2, -0.15) is 18.3 Å². The summed E-state index contributed by atoms with van der Waals surface area (Å²) in [7, 11) is 0. The van der Waals surface area contributed by atoms with Gasteiger partial charge in [0.15, 0.2) is 11.0 Å². The molecule has 6 nitrogen and oxygen atoms in total. The Morgan fingerprint density at radius 1 is 1.40 bits per heavy atom. The molecule has 0 bridgehead atoms. The minimum Gasteiger partial charge on any atom is -0.409 e. The van der Waals surface area contributed by atoms with Crippen LogP contribution < -0.4 is 5.73 Å². The number of rotatable bonds is 3. The zero-order chi connectivity index (χ0) is 14.8. The molecule has 0 radical (unpaired) electrons. The number of hydrogen-bond acceptors (Lipinski definition) is 5. The van der Waals surface area contributed by atoms with E-state index in [0.717, 1.165) is 23.9 Å². The highest BCUT2D eigenvalue weighted by Crippen LogP contribution is 2.34. The van der Waals surface area contributed by atoms with Crippen LogP contribution in [0.4, 0.5) is 13.2 Å². The summed E-state index contributed by atoms with van der Waals surface area (Å²) in [4.78, 5) is 4.19. The number of benzene rings is 1. The van der Waals surface area contributed by atoms with Gasteiger partial charge < -0.3 is 10.9 Å². The Bertz CT molecular complexity index is 626. The van der Waals surface area contributed by atoms with Gasteiger partial charge in [0.05, 0.1) is 5.56 Å². The first-order valence-electron chi connectivity index (χ1n) is 5.14. The molecule has 0 atom stereocenters. The van der Waals surface area contributed by atoms with E-state index in [-0.39, 0.29) is 5.56 Å². The third-order valence-corrected chi connectivity index (χ3v) is 3.26.